The van der Waals surface area contributed by atoms with Crippen LogP contribution < -0.4 is 11.1 Å². The first-order valence-electron chi connectivity index (χ1n) is 8.57. The van der Waals surface area contributed by atoms with E-state index in [1.54, 1.807) is 12.1 Å². The molecule has 0 spiro atoms. The molecule has 0 bridgehead atoms. The summed E-state index contributed by atoms with van der Waals surface area (Å²) in [6.45, 7) is 2.03. The largest absolute Gasteiger partial charge is 0.464 e. The monoisotopic (exact) mass is 394 g/mol. The van der Waals surface area contributed by atoms with E-state index < -0.39 is 5.97 Å². The number of nitrogens with zero attached hydrogens (tertiary/aromatic N) is 2. The Bertz CT molecular complexity index is 1050. The lowest BCUT2D eigenvalue weighted by atomic mass is 10.1. The van der Waals surface area contributed by atoms with Crippen molar-refractivity contribution in [1.82, 2.24) is 4.57 Å². The summed E-state index contributed by atoms with van der Waals surface area (Å²) >= 11 is 6.21. The van der Waals surface area contributed by atoms with Crippen molar-refractivity contribution in [3.05, 3.63) is 76.6 Å². The Morgan fingerprint density at radius 1 is 1.29 bits per heavy atom. The van der Waals surface area contributed by atoms with Crippen LogP contribution in [0.3, 0.4) is 0 Å². The molecule has 3 rings (SSSR count). The molecule has 0 fully saturated rings. The third kappa shape index (κ3) is 3.66. The minimum atomic E-state index is -0.638. The van der Waals surface area contributed by atoms with E-state index in [0.717, 1.165) is 11.3 Å². The number of nitrogens with two attached hydrogens (primary N) is 1. The van der Waals surface area contributed by atoms with E-state index in [4.69, 9.17) is 22.1 Å². The molecule has 1 unspecified atom stereocenters. The number of hydrogen-bond donors (Lipinski definition) is 2. The minimum absolute atomic E-state index is 0.00829. The van der Waals surface area contributed by atoms with E-state index in [9.17, 15) is 10.1 Å². The number of nitriles is 1. The Labute approximate surface area is 168 Å². The van der Waals surface area contributed by atoms with E-state index in [2.05, 4.69) is 5.32 Å². The van der Waals surface area contributed by atoms with Crippen LogP contribution in [0.5, 0.6) is 0 Å². The number of nitrogen functional groups attached to an aromatic ring is 1. The molecule has 2 aromatic carbocycles. The molecule has 6 nitrogen and oxygen atoms in total. The van der Waals surface area contributed by atoms with Gasteiger partial charge in [0.15, 0.2) is 5.69 Å². The van der Waals surface area contributed by atoms with Gasteiger partial charge in [-0.3, -0.25) is 0 Å². The number of carbonyl (C=O) groups excluding carboxylic acids is 1. The Balaban J connectivity index is 2.12. The number of halogens is 1. The van der Waals surface area contributed by atoms with Crippen LogP contribution in [0.25, 0.3) is 5.69 Å². The molecule has 0 aliphatic carbocycles. The Morgan fingerprint density at radius 2 is 2.00 bits per heavy atom. The van der Waals surface area contributed by atoms with Gasteiger partial charge in [-0.1, -0.05) is 41.9 Å². The Hall–Kier alpha value is -3.43. The summed E-state index contributed by atoms with van der Waals surface area (Å²) in [7, 11) is 1.26. The topological polar surface area (TPSA) is 93.1 Å². The van der Waals surface area contributed by atoms with Crippen LogP contribution in [0.2, 0.25) is 5.02 Å². The molecule has 1 aromatic heterocycles. The molecule has 142 valence electrons. The van der Waals surface area contributed by atoms with Crippen molar-refractivity contribution in [3.8, 4) is 11.8 Å². The highest BCUT2D eigenvalue weighted by atomic mass is 35.5. The highest BCUT2D eigenvalue weighted by molar-refractivity contribution is 6.30. The first-order valence-corrected chi connectivity index (χ1v) is 8.94. The van der Waals surface area contributed by atoms with Crippen molar-refractivity contribution in [3.63, 3.8) is 0 Å². The van der Waals surface area contributed by atoms with Gasteiger partial charge in [0.2, 0.25) is 0 Å². The van der Waals surface area contributed by atoms with Gasteiger partial charge in [0, 0.05) is 17.3 Å². The lowest BCUT2D eigenvalue weighted by Gasteiger charge is -2.20. The van der Waals surface area contributed by atoms with Gasteiger partial charge in [-0.2, -0.15) is 5.26 Å². The summed E-state index contributed by atoms with van der Waals surface area (Å²) in [5.74, 6) is -0.638. The quantitative estimate of drug-likeness (QED) is 0.619. The molecule has 1 atom stereocenters. The smallest absolute Gasteiger partial charge is 0.357 e. The fraction of sp³-hybridized carbons (Fsp3) is 0.143. The molecule has 0 amide bonds. The number of aromatic nitrogens is 1. The van der Waals surface area contributed by atoms with Gasteiger partial charge in [-0.15, -0.1) is 0 Å². The number of ether oxygens (including phenoxy) is 1. The third-order valence-corrected chi connectivity index (χ3v) is 4.67. The molecule has 3 aromatic rings. The highest BCUT2D eigenvalue weighted by Gasteiger charge is 2.23. The molecule has 1 heterocycles. The standard InChI is InChI=1S/C21H19ClN4O2/c1-13(14-6-4-3-5-7-14)25-17-9-8-16(22)10-18(17)26-12-15(11-23)19(24)20(26)21(27)28-2/h3-10,12-13,25H,24H2,1-2H3. The zero-order valence-electron chi connectivity index (χ0n) is 15.4. The molecule has 0 saturated heterocycles. The van der Waals surface area contributed by atoms with Gasteiger partial charge in [0.25, 0.3) is 0 Å². The molecule has 3 N–H and O–H groups in total. The van der Waals surface area contributed by atoms with Crippen LogP contribution in [-0.2, 0) is 4.74 Å². The van der Waals surface area contributed by atoms with Crippen LogP contribution in [-0.4, -0.2) is 17.6 Å². The van der Waals surface area contributed by atoms with Gasteiger partial charge >= 0.3 is 5.97 Å². The Kier molecular flexibility index (Phi) is 5.57. The highest BCUT2D eigenvalue weighted by Crippen LogP contribution is 2.32. The molecular formula is C21H19ClN4O2. The van der Waals surface area contributed by atoms with E-state index >= 15 is 0 Å². The van der Waals surface area contributed by atoms with E-state index in [1.807, 2.05) is 49.4 Å². The summed E-state index contributed by atoms with van der Waals surface area (Å²) in [5, 5.41) is 13.2. The Morgan fingerprint density at radius 3 is 2.64 bits per heavy atom. The number of anilines is 2. The summed E-state index contributed by atoms with van der Waals surface area (Å²) in [4.78, 5) is 12.3. The fourth-order valence-electron chi connectivity index (χ4n) is 2.99. The second-order valence-electron chi connectivity index (χ2n) is 6.22. The normalized spacial score (nSPS) is 11.5. The molecule has 28 heavy (non-hydrogen) atoms. The lowest BCUT2D eigenvalue weighted by molar-refractivity contribution is 0.0593. The fourth-order valence-corrected chi connectivity index (χ4v) is 3.16. The van der Waals surface area contributed by atoms with E-state index in [0.29, 0.717) is 10.7 Å². The summed E-state index contributed by atoms with van der Waals surface area (Å²) in [6, 6.07) is 17.2. The second-order valence-corrected chi connectivity index (χ2v) is 6.65. The number of carbonyl (C=O) groups is 1. The molecule has 0 saturated carbocycles. The van der Waals surface area contributed by atoms with Crippen molar-refractivity contribution in [2.45, 2.75) is 13.0 Å². The van der Waals surface area contributed by atoms with Crippen LogP contribution in [0.15, 0.2) is 54.7 Å². The number of benzene rings is 2. The van der Waals surface area contributed by atoms with Gasteiger partial charge in [-0.25, -0.2) is 4.79 Å². The second kappa shape index (κ2) is 8.07. The van der Waals surface area contributed by atoms with Gasteiger partial charge in [0.1, 0.15) is 6.07 Å². The van der Waals surface area contributed by atoms with Gasteiger partial charge in [-0.05, 0) is 30.7 Å². The number of hydrogen-bond acceptors (Lipinski definition) is 5. The molecule has 0 radical (unpaired) electrons. The number of methoxy groups -OCH3 is 1. The summed E-state index contributed by atoms with van der Waals surface area (Å²) in [6.07, 6.45) is 1.51. The van der Waals surface area contributed by atoms with Crippen molar-refractivity contribution >= 4 is 28.9 Å². The van der Waals surface area contributed by atoms with E-state index in [-0.39, 0.29) is 23.0 Å². The number of rotatable bonds is 5. The maximum atomic E-state index is 12.3. The maximum absolute atomic E-state index is 12.3. The average Bonchev–Trinajstić information content (AvgIpc) is 3.05. The van der Waals surface area contributed by atoms with Gasteiger partial charge in [0.05, 0.1) is 29.7 Å². The average molecular weight is 395 g/mol. The molecule has 0 aliphatic rings. The van der Waals surface area contributed by atoms with Crippen LogP contribution >= 0.6 is 11.6 Å². The van der Waals surface area contributed by atoms with Crippen LogP contribution in [0.1, 0.15) is 34.6 Å². The third-order valence-electron chi connectivity index (χ3n) is 4.43. The van der Waals surface area contributed by atoms with Crippen molar-refractivity contribution in [2.75, 3.05) is 18.2 Å². The first-order chi connectivity index (χ1) is 13.5. The zero-order chi connectivity index (χ0) is 20.3. The number of esters is 1. The zero-order valence-corrected chi connectivity index (χ0v) is 16.2. The van der Waals surface area contributed by atoms with Gasteiger partial charge < -0.3 is 20.4 Å². The van der Waals surface area contributed by atoms with E-state index in [1.165, 1.54) is 17.9 Å². The first kappa shape index (κ1) is 19.3. The van der Waals surface area contributed by atoms with Crippen molar-refractivity contribution in [2.24, 2.45) is 0 Å². The summed E-state index contributed by atoms with van der Waals surface area (Å²) in [5.41, 5.74) is 8.75. The van der Waals surface area contributed by atoms with Crippen LogP contribution in [0, 0.1) is 11.3 Å². The van der Waals surface area contributed by atoms with Crippen LogP contribution in [0.4, 0.5) is 11.4 Å². The molecular weight excluding hydrogens is 376 g/mol. The van der Waals surface area contributed by atoms with Crippen molar-refractivity contribution < 1.29 is 9.53 Å². The SMILES string of the molecule is COC(=O)c1c(N)c(C#N)cn1-c1cc(Cl)ccc1NC(C)c1ccccc1. The summed E-state index contributed by atoms with van der Waals surface area (Å²) < 4.78 is 6.39. The van der Waals surface area contributed by atoms with Crippen molar-refractivity contribution in [1.29, 1.82) is 5.26 Å². The maximum Gasteiger partial charge on any atom is 0.357 e. The molecule has 0 aliphatic heterocycles. The molecule has 7 heteroatoms. The predicted molar refractivity (Wildman–Crippen MR) is 110 cm³/mol. The minimum Gasteiger partial charge on any atom is -0.464 e. The lowest BCUT2D eigenvalue weighted by Crippen LogP contribution is -2.14. The predicted octanol–water partition coefficient (Wildman–Crippen LogP) is 4.54. The number of nitrogens with one attached hydrogen (secondary N) is 1.